The number of nitrogens with one attached hydrogen (secondary N) is 1. The van der Waals surface area contributed by atoms with Gasteiger partial charge in [-0.3, -0.25) is 4.79 Å². The van der Waals surface area contributed by atoms with Crippen LogP contribution in [0.4, 0.5) is 5.69 Å². The van der Waals surface area contributed by atoms with Crippen LogP contribution in [0.3, 0.4) is 0 Å². The second kappa shape index (κ2) is 7.30. The summed E-state index contributed by atoms with van der Waals surface area (Å²) in [6.07, 6.45) is 5.54. The van der Waals surface area contributed by atoms with E-state index in [-0.39, 0.29) is 17.9 Å². The van der Waals surface area contributed by atoms with Gasteiger partial charge >= 0.3 is 5.97 Å². The van der Waals surface area contributed by atoms with E-state index >= 15 is 0 Å². The Kier molecular flexibility index (Phi) is 4.92. The number of benzene rings is 1. The monoisotopic (exact) mass is 359 g/mol. The van der Waals surface area contributed by atoms with Crippen LogP contribution in [0.5, 0.6) is 11.5 Å². The molecule has 1 aromatic rings. The Balaban J connectivity index is 1.89. The fraction of sp³-hybridized carbons (Fsp3) is 0.278. The molecule has 8 heteroatoms. The molecular formula is C18H19N2O6+. The molecule has 0 bridgehead atoms. The number of allylic oxidation sites excluding steroid dienone is 2. The lowest BCUT2D eigenvalue weighted by Gasteiger charge is -2.23. The second-order valence-electron chi connectivity index (χ2n) is 5.92. The number of carbonyl (C=O) groups is 2. The normalized spacial score (nSPS) is 21.7. The van der Waals surface area contributed by atoms with Gasteiger partial charge in [0.05, 0.1) is 13.2 Å². The van der Waals surface area contributed by atoms with Gasteiger partial charge in [-0.05, 0) is 17.7 Å². The van der Waals surface area contributed by atoms with Gasteiger partial charge in [-0.1, -0.05) is 0 Å². The third kappa shape index (κ3) is 3.53. The van der Waals surface area contributed by atoms with Gasteiger partial charge in [-0.2, -0.15) is 4.58 Å². The van der Waals surface area contributed by atoms with Gasteiger partial charge in [0, 0.05) is 24.5 Å². The highest BCUT2D eigenvalue weighted by atomic mass is 16.5. The van der Waals surface area contributed by atoms with E-state index in [2.05, 4.69) is 5.32 Å². The Morgan fingerprint density at radius 1 is 1.42 bits per heavy atom. The Labute approximate surface area is 149 Å². The van der Waals surface area contributed by atoms with Crippen molar-refractivity contribution in [2.24, 2.45) is 0 Å². The quantitative estimate of drug-likeness (QED) is 0.533. The number of hydrogen-bond donors (Lipinski definition) is 3. The molecule has 0 saturated heterocycles. The van der Waals surface area contributed by atoms with Crippen molar-refractivity contribution in [2.45, 2.75) is 19.1 Å². The molecule has 0 spiro atoms. The zero-order valence-electron chi connectivity index (χ0n) is 14.1. The maximum absolute atomic E-state index is 11.2. The molecule has 0 amide bonds. The molecule has 3 rings (SSSR count). The number of ether oxygens (including phenoxy) is 2. The van der Waals surface area contributed by atoms with Crippen molar-refractivity contribution in [3.8, 4) is 11.5 Å². The molecule has 2 aliphatic heterocycles. The lowest BCUT2D eigenvalue weighted by atomic mass is 10.1. The highest BCUT2D eigenvalue weighted by Gasteiger charge is 2.26. The van der Waals surface area contributed by atoms with Crippen LogP contribution in [0, 0.1) is 0 Å². The number of nitrogens with zero attached hydrogens (tertiary/aromatic N) is 1. The number of phenols is 1. The van der Waals surface area contributed by atoms with Gasteiger partial charge in [0.15, 0.2) is 30.5 Å². The first-order chi connectivity index (χ1) is 12.5. The molecule has 0 aliphatic carbocycles. The summed E-state index contributed by atoms with van der Waals surface area (Å²) in [7, 11) is 1.51. The third-order valence-electron chi connectivity index (χ3n) is 4.30. The minimum absolute atomic E-state index is 0.0352. The zero-order chi connectivity index (χ0) is 18.7. The average Bonchev–Trinajstić information content (AvgIpc) is 3.01. The molecule has 1 unspecified atom stereocenters. The summed E-state index contributed by atoms with van der Waals surface area (Å²) in [6.45, 7) is 1.02. The van der Waals surface area contributed by atoms with Crippen LogP contribution in [0.25, 0.3) is 0 Å². The Hall–Kier alpha value is -3.29. The molecular weight excluding hydrogens is 340 g/mol. The molecule has 1 aromatic carbocycles. The molecule has 2 aliphatic rings. The number of rotatable bonds is 5. The van der Waals surface area contributed by atoms with Gasteiger partial charge in [-0.15, -0.1) is 0 Å². The van der Waals surface area contributed by atoms with Gasteiger partial charge in [0.25, 0.3) is 6.47 Å². The van der Waals surface area contributed by atoms with Crippen LogP contribution in [-0.4, -0.2) is 53.3 Å². The van der Waals surface area contributed by atoms with Gasteiger partial charge in [-0.25, -0.2) is 4.79 Å². The first kappa shape index (κ1) is 17.5. The first-order valence-corrected chi connectivity index (χ1v) is 8.03. The minimum atomic E-state index is -1.13. The molecule has 1 atom stereocenters. The number of hydrogen-bond acceptors (Lipinski definition) is 6. The minimum Gasteiger partial charge on any atom is -0.504 e. The fourth-order valence-electron chi connectivity index (χ4n) is 3.05. The molecule has 0 saturated carbocycles. The van der Waals surface area contributed by atoms with Crippen LogP contribution in [0.1, 0.15) is 12.0 Å². The topological polar surface area (TPSA) is 108 Å². The van der Waals surface area contributed by atoms with Gasteiger partial charge in [0.2, 0.25) is 5.69 Å². The Bertz CT molecular complexity index is 840. The van der Waals surface area contributed by atoms with Crippen molar-refractivity contribution in [1.82, 2.24) is 5.32 Å². The second-order valence-corrected chi connectivity index (χ2v) is 5.92. The van der Waals surface area contributed by atoms with Crippen molar-refractivity contribution in [2.75, 3.05) is 13.7 Å². The van der Waals surface area contributed by atoms with E-state index in [0.29, 0.717) is 17.7 Å². The maximum atomic E-state index is 11.2. The largest absolute Gasteiger partial charge is 0.504 e. The van der Waals surface area contributed by atoms with Crippen molar-refractivity contribution >= 4 is 24.3 Å². The predicted octanol–water partition coefficient (Wildman–Crippen LogP) is 1.06. The molecule has 0 fully saturated rings. The Morgan fingerprint density at radius 2 is 2.23 bits per heavy atom. The molecule has 0 aromatic heterocycles. The zero-order valence-corrected chi connectivity index (χ0v) is 14.1. The van der Waals surface area contributed by atoms with E-state index in [0.717, 1.165) is 24.2 Å². The number of carbonyl (C=O) groups excluding carboxylic acids is 1. The van der Waals surface area contributed by atoms with Crippen LogP contribution in [0.15, 0.2) is 35.6 Å². The number of aliphatic carboxylic acids is 1. The van der Waals surface area contributed by atoms with E-state index in [1.54, 1.807) is 12.1 Å². The van der Waals surface area contributed by atoms with Crippen molar-refractivity contribution < 1.29 is 33.9 Å². The summed E-state index contributed by atoms with van der Waals surface area (Å²) in [5.74, 6) is -0.627. The standard InChI is InChI=1S/C18H18N2O6/c1-25-16-8-12-3-5-20(14(12)9-15(16)22)4-2-11-6-13(18(23)24)19-17(7-11)26-10-21/h2,4,6,8-10,17H,3,5,7H2,1H3,(H2,22,23,24)/p+1. The summed E-state index contributed by atoms with van der Waals surface area (Å²) in [4.78, 5) is 21.8. The van der Waals surface area contributed by atoms with Gasteiger partial charge < -0.3 is 25.0 Å². The lowest BCUT2D eigenvalue weighted by Crippen LogP contribution is -2.37. The van der Waals surface area contributed by atoms with Crippen molar-refractivity contribution in [1.29, 1.82) is 0 Å². The van der Waals surface area contributed by atoms with E-state index in [4.69, 9.17) is 14.6 Å². The number of phenolic OH excluding ortho intramolecular Hbond substituents is 1. The average molecular weight is 359 g/mol. The summed E-state index contributed by atoms with van der Waals surface area (Å²) >= 11 is 0. The predicted molar refractivity (Wildman–Crippen MR) is 91.7 cm³/mol. The lowest BCUT2D eigenvalue weighted by molar-refractivity contribution is -0.423. The van der Waals surface area contributed by atoms with Crippen LogP contribution in [0.2, 0.25) is 0 Å². The van der Waals surface area contributed by atoms with E-state index in [1.165, 1.54) is 13.2 Å². The number of methoxy groups -OCH3 is 1. The van der Waals surface area contributed by atoms with E-state index in [9.17, 15) is 14.7 Å². The highest BCUT2D eigenvalue weighted by Crippen LogP contribution is 2.36. The molecule has 0 radical (unpaired) electrons. The van der Waals surface area contributed by atoms with Crippen LogP contribution in [-0.2, 0) is 20.7 Å². The van der Waals surface area contributed by atoms with E-state index < -0.39 is 12.2 Å². The molecule has 2 heterocycles. The summed E-state index contributed by atoms with van der Waals surface area (Å²) in [5, 5.41) is 21.8. The number of carboxylic acids is 1. The SMILES string of the molecule is COc1cc2c(cc1O)/[N+](=C/C=C1/C=C(C(=O)O)NC(OC=O)C1)CC2. The summed E-state index contributed by atoms with van der Waals surface area (Å²) in [5.41, 5.74) is 2.60. The van der Waals surface area contributed by atoms with Crippen molar-refractivity contribution in [3.05, 3.63) is 41.1 Å². The molecule has 8 nitrogen and oxygen atoms in total. The maximum Gasteiger partial charge on any atom is 0.352 e. The molecule has 136 valence electrons. The Morgan fingerprint density at radius 3 is 2.92 bits per heavy atom. The molecule has 26 heavy (non-hydrogen) atoms. The summed E-state index contributed by atoms with van der Waals surface area (Å²) in [6, 6.07) is 3.46. The van der Waals surface area contributed by atoms with Crippen LogP contribution < -0.4 is 10.1 Å². The number of carboxylic acid groups (broad SMARTS) is 1. The highest BCUT2D eigenvalue weighted by molar-refractivity contribution is 5.87. The smallest absolute Gasteiger partial charge is 0.352 e. The summed E-state index contributed by atoms with van der Waals surface area (Å²) < 4.78 is 11.9. The number of fused-ring (bicyclic) bond motifs is 1. The molecule has 3 N–H and O–H groups in total. The number of aromatic hydroxyl groups is 1. The van der Waals surface area contributed by atoms with Crippen molar-refractivity contribution in [3.63, 3.8) is 0 Å². The third-order valence-corrected chi connectivity index (χ3v) is 4.30. The van der Waals surface area contributed by atoms with Gasteiger partial charge in [0.1, 0.15) is 5.70 Å². The first-order valence-electron chi connectivity index (χ1n) is 8.03. The van der Waals surface area contributed by atoms with E-state index in [1.807, 2.05) is 16.9 Å². The fourth-order valence-corrected chi connectivity index (χ4v) is 3.05. The van der Waals surface area contributed by atoms with Crippen LogP contribution >= 0.6 is 0 Å².